The normalized spacial score (nSPS) is 17.1. The standard InChI is InChI=1S/C20H17FN2O3S/c21-15-7-5-13(6-8-15)19(24)14-3-1-9-23(12-14)20(25)16-11-17(26-22-16)18-4-2-10-27-18/h2,4-8,10-11,14H,1,3,9,12H2/t14-/m0/s1. The molecular formula is C20H17FN2O3S. The van der Waals surface area contributed by atoms with Gasteiger partial charge in [0.1, 0.15) is 5.82 Å². The summed E-state index contributed by atoms with van der Waals surface area (Å²) in [4.78, 5) is 28.0. The van der Waals surface area contributed by atoms with Crippen LogP contribution in [0.4, 0.5) is 4.39 Å². The van der Waals surface area contributed by atoms with E-state index in [-0.39, 0.29) is 29.1 Å². The van der Waals surface area contributed by atoms with Crippen molar-refractivity contribution < 1.29 is 18.5 Å². The van der Waals surface area contributed by atoms with Gasteiger partial charge in [0, 0.05) is 30.6 Å². The van der Waals surface area contributed by atoms with Gasteiger partial charge in [-0.15, -0.1) is 11.3 Å². The van der Waals surface area contributed by atoms with Gasteiger partial charge in [-0.2, -0.15) is 0 Å². The first-order valence-electron chi connectivity index (χ1n) is 8.71. The zero-order chi connectivity index (χ0) is 18.8. The molecule has 1 amide bonds. The zero-order valence-electron chi connectivity index (χ0n) is 14.4. The summed E-state index contributed by atoms with van der Waals surface area (Å²) >= 11 is 1.51. The molecule has 1 aliphatic rings. The van der Waals surface area contributed by atoms with Gasteiger partial charge < -0.3 is 9.42 Å². The second-order valence-corrected chi connectivity index (χ2v) is 7.46. The van der Waals surface area contributed by atoms with Crippen LogP contribution in [0.5, 0.6) is 0 Å². The molecule has 138 valence electrons. The van der Waals surface area contributed by atoms with Gasteiger partial charge in [0.25, 0.3) is 5.91 Å². The number of amides is 1. The highest BCUT2D eigenvalue weighted by Crippen LogP contribution is 2.27. The third kappa shape index (κ3) is 3.68. The highest BCUT2D eigenvalue weighted by atomic mass is 32.1. The number of rotatable bonds is 4. The van der Waals surface area contributed by atoms with Gasteiger partial charge in [-0.1, -0.05) is 11.2 Å². The number of carbonyl (C=O) groups excluding carboxylic acids is 2. The Balaban J connectivity index is 1.47. The lowest BCUT2D eigenvalue weighted by molar-refractivity contribution is 0.0628. The van der Waals surface area contributed by atoms with Crippen LogP contribution < -0.4 is 0 Å². The van der Waals surface area contributed by atoms with E-state index in [2.05, 4.69) is 5.16 Å². The third-order valence-corrected chi connectivity index (χ3v) is 5.59. The van der Waals surface area contributed by atoms with Gasteiger partial charge in [0.2, 0.25) is 0 Å². The first-order valence-corrected chi connectivity index (χ1v) is 9.59. The van der Waals surface area contributed by atoms with Crippen molar-refractivity contribution in [2.75, 3.05) is 13.1 Å². The maximum atomic E-state index is 13.1. The van der Waals surface area contributed by atoms with Crippen molar-refractivity contribution in [3.63, 3.8) is 0 Å². The number of thiophene rings is 1. The van der Waals surface area contributed by atoms with E-state index >= 15 is 0 Å². The summed E-state index contributed by atoms with van der Waals surface area (Å²) in [6.07, 6.45) is 1.44. The fourth-order valence-electron chi connectivity index (χ4n) is 3.30. The van der Waals surface area contributed by atoms with Gasteiger partial charge in [-0.25, -0.2) is 4.39 Å². The van der Waals surface area contributed by atoms with Crippen LogP contribution >= 0.6 is 11.3 Å². The second-order valence-electron chi connectivity index (χ2n) is 6.52. The summed E-state index contributed by atoms with van der Waals surface area (Å²) in [5.41, 5.74) is 0.713. The van der Waals surface area contributed by atoms with Crippen molar-refractivity contribution in [2.45, 2.75) is 12.8 Å². The van der Waals surface area contributed by atoms with E-state index in [1.54, 1.807) is 11.0 Å². The van der Waals surface area contributed by atoms with E-state index in [1.165, 1.54) is 35.6 Å². The maximum Gasteiger partial charge on any atom is 0.276 e. The zero-order valence-corrected chi connectivity index (χ0v) is 15.2. The largest absolute Gasteiger partial charge is 0.355 e. The van der Waals surface area contributed by atoms with Crippen molar-refractivity contribution in [2.24, 2.45) is 5.92 Å². The number of benzene rings is 1. The SMILES string of the molecule is O=C(c1ccc(F)cc1)[C@H]1CCCN(C(=O)c2cc(-c3cccs3)on2)C1. The van der Waals surface area contributed by atoms with Gasteiger partial charge in [-0.05, 0) is 48.6 Å². The Labute approximate surface area is 159 Å². The number of hydrogen-bond donors (Lipinski definition) is 0. The smallest absolute Gasteiger partial charge is 0.276 e. The van der Waals surface area contributed by atoms with E-state index in [0.717, 1.165) is 11.3 Å². The average molecular weight is 384 g/mol. The number of ketones is 1. The van der Waals surface area contributed by atoms with E-state index < -0.39 is 0 Å². The number of hydrogen-bond acceptors (Lipinski definition) is 5. The van der Waals surface area contributed by atoms with Gasteiger partial charge >= 0.3 is 0 Å². The molecule has 0 N–H and O–H groups in total. The number of nitrogens with zero attached hydrogens (tertiary/aromatic N) is 2. The van der Waals surface area contributed by atoms with Crippen molar-refractivity contribution in [1.29, 1.82) is 0 Å². The topological polar surface area (TPSA) is 63.4 Å². The van der Waals surface area contributed by atoms with Crippen molar-refractivity contribution in [3.05, 3.63) is 64.9 Å². The molecule has 1 saturated heterocycles. The number of aromatic nitrogens is 1. The Morgan fingerprint density at radius 3 is 2.78 bits per heavy atom. The van der Waals surface area contributed by atoms with E-state index in [9.17, 15) is 14.0 Å². The van der Waals surface area contributed by atoms with Crippen LogP contribution in [-0.4, -0.2) is 34.8 Å². The molecule has 3 heterocycles. The van der Waals surface area contributed by atoms with Gasteiger partial charge in [-0.3, -0.25) is 9.59 Å². The molecule has 1 fully saturated rings. The number of carbonyl (C=O) groups is 2. The molecule has 0 saturated carbocycles. The van der Waals surface area contributed by atoms with Gasteiger partial charge in [0.15, 0.2) is 17.2 Å². The fourth-order valence-corrected chi connectivity index (χ4v) is 3.97. The monoisotopic (exact) mass is 384 g/mol. The summed E-state index contributed by atoms with van der Waals surface area (Å²) in [6, 6.07) is 11.0. The minimum atomic E-state index is -0.375. The summed E-state index contributed by atoms with van der Waals surface area (Å²) < 4.78 is 18.4. The van der Waals surface area contributed by atoms with Crippen LogP contribution in [0, 0.1) is 11.7 Å². The summed E-state index contributed by atoms with van der Waals surface area (Å²) in [5, 5.41) is 5.83. The van der Waals surface area contributed by atoms with Crippen LogP contribution in [0.25, 0.3) is 10.6 Å². The molecule has 27 heavy (non-hydrogen) atoms. The summed E-state index contributed by atoms with van der Waals surface area (Å²) in [6.45, 7) is 0.906. The molecule has 2 aromatic heterocycles. The number of piperidine rings is 1. The lowest BCUT2D eigenvalue weighted by atomic mass is 9.90. The minimum absolute atomic E-state index is 0.0630. The Morgan fingerprint density at radius 1 is 1.22 bits per heavy atom. The van der Waals surface area contributed by atoms with Crippen molar-refractivity contribution in [3.8, 4) is 10.6 Å². The first kappa shape index (κ1) is 17.6. The molecule has 0 spiro atoms. The van der Waals surface area contributed by atoms with Crippen LogP contribution in [-0.2, 0) is 0 Å². The number of halogens is 1. The fraction of sp³-hybridized carbons (Fsp3) is 0.250. The summed E-state index contributed by atoms with van der Waals surface area (Å²) in [7, 11) is 0. The Kier molecular flexibility index (Phi) is 4.85. The van der Waals surface area contributed by atoms with Gasteiger partial charge in [0.05, 0.1) is 4.88 Å². The number of Topliss-reactive ketones (excluding diaryl/α,β-unsaturated/α-hetero) is 1. The lowest BCUT2D eigenvalue weighted by Gasteiger charge is -2.31. The van der Waals surface area contributed by atoms with E-state index in [1.807, 2.05) is 17.5 Å². The Bertz CT molecular complexity index is 950. The molecule has 1 aliphatic heterocycles. The highest BCUT2D eigenvalue weighted by molar-refractivity contribution is 7.13. The quantitative estimate of drug-likeness (QED) is 0.630. The van der Waals surface area contributed by atoms with Crippen molar-refractivity contribution >= 4 is 23.0 Å². The third-order valence-electron chi connectivity index (χ3n) is 4.70. The van der Waals surface area contributed by atoms with Crippen LogP contribution in [0.1, 0.15) is 33.7 Å². The van der Waals surface area contributed by atoms with Crippen LogP contribution in [0.15, 0.2) is 52.4 Å². The molecule has 0 unspecified atom stereocenters. The second kappa shape index (κ2) is 7.44. The molecule has 3 aromatic rings. The van der Waals surface area contributed by atoms with Crippen LogP contribution in [0.2, 0.25) is 0 Å². The minimum Gasteiger partial charge on any atom is -0.355 e. The van der Waals surface area contributed by atoms with E-state index in [0.29, 0.717) is 30.8 Å². The van der Waals surface area contributed by atoms with Crippen LogP contribution in [0.3, 0.4) is 0 Å². The molecule has 1 aromatic carbocycles. The molecule has 7 heteroatoms. The molecule has 4 rings (SSSR count). The van der Waals surface area contributed by atoms with E-state index in [4.69, 9.17) is 4.52 Å². The van der Waals surface area contributed by atoms with Crippen molar-refractivity contribution in [1.82, 2.24) is 10.1 Å². The highest BCUT2D eigenvalue weighted by Gasteiger charge is 2.30. The molecule has 0 radical (unpaired) electrons. The predicted molar refractivity (Wildman–Crippen MR) is 99.2 cm³/mol. The molecule has 0 aliphatic carbocycles. The molecule has 0 bridgehead atoms. The average Bonchev–Trinajstić information content (AvgIpc) is 3.39. The Morgan fingerprint density at radius 2 is 2.04 bits per heavy atom. The first-order chi connectivity index (χ1) is 13.1. The lowest BCUT2D eigenvalue weighted by Crippen LogP contribution is -2.42. The molecular weight excluding hydrogens is 367 g/mol. The maximum absolute atomic E-state index is 13.1. The Hall–Kier alpha value is -2.80. The number of likely N-dealkylation sites (tertiary alicyclic amines) is 1. The predicted octanol–water partition coefficient (Wildman–Crippen LogP) is 4.28. The summed E-state index contributed by atoms with van der Waals surface area (Å²) in [5.74, 6) is -0.411. The molecule has 5 nitrogen and oxygen atoms in total. The molecule has 1 atom stereocenters.